The Morgan fingerprint density at radius 2 is 2.02 bits per heavy atom. The van der Waals surface area contributed by atoms with Gasteiger partial charge >= 0.3 is 0 Å². The van der Waals surface area contributed by atoms with Crippen LogP contribution in [0.25, 0.3) is 22.6 Å². The predicted molar refractivity (Wildman–Crippen MR) is 157 cm³/mol. The van der Waals surface area contributed by atoms with Crippen molar-refractivity contribution in [2.24, 2.45) is 17.0 Å². The van der Waals surface area contributed by atoms with Crippen LogP contribution in [0, 0.1) is 0 Å². The molecule has 0 unspecified atom stereocenters. The molecule has 3 heterocycles. The lowest BCUT2D eigenvalue weighted by atomic mass is 10.1. The second-order valence-electron chi connectivity index (χ2n) is 9.47. The van der Waals surface area contributed by atoms with Crippen LogP contribution in [-0.4, -0.2) is 113 Å². The lowest BCUT2D eigenvalue weighted by Gasteiger charge is -2.28. The van der Waals surface area contributed by atoms with Crippen LogP contribution in [0.5, 0.6) is 0 Å². The number of carbonyl (C=O) groups is 2. The molecule has 0 spiro atoms. The molecule has 0 bridgehead atoms. The second-order valence-corrected chi connectivity index (χ2v) is 9.47. The molecule has 4 N–H and O–H groups in total. The van der Waals surface area contributed by atoms with Crippen molar-refractivity contribution in [3.63, 3.8) is 0 Å². The lowest BCUT2D eigenvalue weighted by Crippen LogP contribution is -2.37. The van der Waals surface area contributed by atoms with Crippen LogP contribution < -0.4 is 15.7 Å². The van der Waals surface area contributed by atoms with Crippen LogP contribution in [-0.2, 0) is 23.1 Å². The van der Waals surface area contributed by atoms with Gasteiger partial charge in [-0.2, -0.15) is 0 Å². The van der Waals surface area contributed by atoms with Crippen LogP contribution in [0.15, 0.2) is 46.0 Å². The SMILES string of the molecule is C=N/C=C(\C=NCN(C)Cc1nc2c(N3CCOCC3)nc(-c3cccc(C(=O)NCCO)c3)nc2n1C)C(=O)NO. The molecule has 1 fully saturated rings. The molecule has 0 aliphatic carbocycles. The monoisotopic (exact) mass is 578 g/mol. The number of imidazole rings is 1. The number of fused-ring (bicyclic) bond motifs is 1. The molecule has 1 saturated heterocycles. The summed E-state index contributed by atoms with van der Waals surface area (Å²) in [6.07, 6.45) is 2.50. The quantitative estimate of drug-likeness (QED) is 0.0998. The van der Waals surface area contributed by atoms with E-state index in [2.05, 4.69) is 26.9 Å². The van der Waals surface area contributed by atoms with E-state index in [1.54, 1.807) is 23.7 Å². The Balaban J connectivity index is 1.66. The fourth-order valence-corrected chi connectivity index (χ4v) is 4.31. The second kappa shape index (κ2) is 14.4. The van der Waals surface area contributed by atoms with Crippen molar-refractivity contribution in [2.45, 2.75) is 6.54 Å². The van der Waals surface area contributed by atoms with Gasteiger partial charge in [0.2, 0.25) is 0 Å². The number of aliphatic hydroxyl groups is 1. The van der Waals surface area contributed by atoms with Crippen molar-refractivity contribution in [1.29, 1.82) is 0 Å². The van der Waals surface area contributed by atoms with Gasteiger partial charge in [-0.15, -0.1) is 0 Å². The minimum atomic E-state index is -0.745. The number of hydrogen-bond acceptors (Lipinski definition) is 12. The first-order valence-corrected chi connectivity index (χ1v) is 13.2. The summed E-state index contributed by atoms with van der Waals surface area (Å²) in [4.78, 5) is 50.7. The average molecular weight is 579 g/mol. The van der Waals surface area contributed by atoms with Crippen LogP contribution in [0.1, 0.15) is 16.2 Å². The fourth-order valence-electron chi connectivity index (χ4n) is 4.31. The molecule has 1 aliphatic rings. The summed E-state index contributed by atoms with van der Waals surface area (Å²) in [5, 5.41) is 20.6. The Hall–Kier alpha value is -4.57. The first kappa shape index (κ1) is 30.4. The van der Waals surface area contributed by atoms with Gasteiger partial charge in [0.25, 0.3) is 11.8 Å². The zero-order valence-corrected chi connectivity index (χ0v) is 23.5. The molecule has 1 aromatic carbocycles. The lowest BCUT2D eigenvalue weighted by molar-refractivity contribution is -0.124. The van der Waals surface area contributed by atoms with Gasteiger partial charge in [0.15, 0.2) is 22.8 Å². The summed E-state index contributed by atoms with van der Waals surface area (Å²) in [5.41, 5.74) is 3.98. The first-order chi connectivity index (χ1) is 20.4. The molecular weight excluding hydrogens is 544 g/mol. The molecule has 0 atom stereocenters. The third-order valence-electron chi connectivity index (χ3n) is 6.44. The minimum absolute atomic E-state index is 0.0523. The fraction of sp³-hybridized carbons (Fsp3) is 0.370. The van der Waals surface area contributed by atoms with Crippen molar-refractivity contribution in [3.8, 4) is 11.4 Å². The topological polar surface area (TPSA) is 183 Å². The van der Waals surface area contributed by atoms with Crippen LogP contribution in [0.3, 0.4) is 0 Å². The number of nitrogens with one attached hydrogen (secondary N) is 2. The van der Waals surface area contributed by atoms with Gasteiger partial charge in [-0.1, -0.05) is 12.1 Å². The highest BCUT2D eigenvalue weighted by Gasteiger charge is 2.23. The average Bonchev–Trinajstić information content (AvgIpc) is 3.33. The van der Waals surface area contributed by atoms with Gasteiger partial charge in [-0.3, -0.25) is 29.7 Å². The number of carbonyl (C=O) groups excluding carboxylic acids is 2. The molecule has 2 amide bonds. The number of rotatable bonds is 12. The number of aromatic nitrogens is 4. The molecule has 0 radical (unpaired) electrons. The smallest absolute Gasteiger partial charge is 0.277 e. The number of ether oxygens (including phenoxy) is 1. The van der Waals surface area contributed by atoms with Crippen molar-refractivity contribution < 1.29 is 24.6 Å². The summed E-state index contributed by atoms with van der Waals surface area (Å²) in [7, 11) is 3.73. The van der Waals surface area contributed by atoms with E-state index in [9.17, 15) is 9.59 Å². The molecule has 222 valence electrons. The van der Waals surface area contributed by atoms with Crippen molar-refractivity contribution in [2.75, 3.05) is 58.1 Å². The van der Waals surface area contributed by atoms with E-state index in [0.29, 0.717) is 66.8 Å². The Kier molecular flexibility index (Phi) is 10.4. The predicted octanol–water partition coefficient (Wildman–Crippen LogP) is 0.139. The number of hydrogen-bond donors (Lipinski definition) is 4. The van der Waals surface area contributed by atoms with E-state index in [1.807, 2.05) is 29.6 Å². The normalized spacial score (nSPS) is 14.1. The Morgan fingerprint density at radius 1 is 1.24 bits per heavy atom. The summed E-state index contributed by atoms with van der Waals surface area (Å²) >= 11 is 0. The van der Waals surface area contributed by atoms with Gasteiger partial charge in [0.05, 0.1) is 38.6 Å². The molecule has 0 saturated carbocycles. The van der Waals surface area contributed by atoms with Gasteiger partial charge in [0, 0.05) is 50.2 Å². The Bertz CT molecular complexity index is 1500. The molecule has 15 nitrogen and oxygen atoms in total. The zero-order chi connectivity index (χ0) is 30.1. The van der Waals surface area contributed by atoms with Gasteiger partial charge in [0.1, 0.15) is 5.82 Å². The van der Waals surface area contributed by atoms with E-state index in [1.165, 1.54) is 12.4 Å². The summed E-state index contributed by atoms with van der Waals surface area (Å²) < 4.78 is 7.45. The Labute approximate surface area is 242 Å². The maximum Gasteiger partial charge on any atom is 0.277 e. The maximum atomic E-state index is 12.5. The highest BCUT2D eigenvalue weighted by Crippen LogP contribution is 2.29. The van der Waals surface area contributed by atoms with E-state index < -0.39 is 5.91 Å². The van der Waals surface area contributed by atoms with E-state index in [0.717, 1.165) is 5.82 Å². The van der Waals surface area contributed by atoms with Crippen LogP contribution in [0.2, 0.25) is 0 Å². The number of aliphatic hydroxyl groups excluding tert-OH is 1. The molecule has 1 aliphatic heterocycles. The number of hydroxylamine groups is 1. The molecule has 4 rings (SSSR count). The van der Waals surface area contributed by atoms with Crippen molar-refractivity contribution in [1.82, 2.24) is 35.2 Å². The number of nitrogens with zero attached hydrogens (tertiary/aromatic N) is 8. The summed E-state index contributed by atoms with van der Waals surface area (Å²) in [6, 6.07) is 7.03. The van der Waals surface area contributed by atoms with E-state index in [-0.39, 0.29) is 31.3 Å². The van der Waals surface area contributed by atoms with Crippen LogP contribution >= 0.6 is 0 Å². The zero-order valence-electron chi connectivity index (χ0n) is 23.5. The standard InChI is InChI=1S/C27H34N10O5/c1-28-14-20(27(40)34-41)15-29-17-35(2)16-21-31-22-24(36(21)3)32-23(33-25(22)37-8-11-42-12-9-37)18-5-4-6-19(13-18)26(39)30-7-10-38/h4-6,13-15,38,41H,1,7-12,16-17H2,2-3H3,(H,30,39)(H,34,40)/b20-14+,29-15?. The highest BCUT2D eigenvalue weighted by molar-refractivity contribution is 6.11. The third kappa shape index (κ3) is 7.19. The van der Waals surface area contributed by atoms with Crippen molar-refractivity contribution >= 4 is 41.7 Å². The van der Waals surface area contributed by atoms with Gasteiger partial charge in [-0.05, 0) is 25.9 Å². The van der Waals surface area contributed by atoms with Crippen LogP contribution in [0.4, 0.5) is 5.82 Å². The molecule has 15 heteroatoms. The molecule has 3 aromatic rings. The Morgan fingerprint density at radius 3 is 2.74 bits per heavy atom. The third-order valence-corrected chi connectivity index (χ3v) is 6.44. The van der Waals surface area contributed by atoms with Gasteiger partial charge in [-0.25, -0.2) is 20.4 Å². The maximum absolute atomic E-state index is 12.5. The summed E-state index contributed by atoms with van der Waals surface area (Å²) in [5.74, 6) is 0.806. The van der Waals surface area contributed by atoms with E-state index in [4.69, 9.17) is 30.0 Å². The first-order valence-electron chi connectivity index (χ1n) is 13.2. The summed E-state index contributed by atoms with van der Waals surface area (Å²) in [6.45, 7) is 6.39. The largest absolute Gasteiger partial charge is 0.395 e. The van der Waals surface area contributed by atoms with Crippen molar-refractivity contribution in [3.05, 3.63) is 47.4 Å². The number of aryl methyl sites for hydroxylation is 1. The number of amides is 2. The number of anilines is 1. The molecular formula is C27H34N10O5. The minimum Gasteiger partial charge on any atom is -0.395 e. The van der Waals surface area contributed by atoms with Gasteiger partial charge < -0.3 is 24.6 Å². The van der Waals surface area contributed by atoms with E-state index >= 15 is 0 Å². The number of benzene rings is 1. The number of morpholine rings is 1. The number of aliphatic imine (C=N–C) groups is 2. The highest BCUT2D eigenvalue weighted by atomic mass is 16.5. The molecule has 2 aromatic heterocycles. The molecule has 42 heavy (non-hydrogen) atoms.